The number of nitrogens with zero attached hydrogens (tertiary/aromatic N) is 2. The summed E-state index contributed by atoms with van der Waals surface area (Å²) in [5.74, 6) is -0.612. The summed E-state index contributed by atoms with van der Waals surface area (Å²) in [5, 5.41) is 8.69. The third-order valence-electron chi connectivity index (χ3n) is 3.52. The highest BCUT2D eigenvalue weighted by atomic mass is 32.1. The van der Waals surface area contributed by atoms with Crippen LogP contribution in [-0.2, 0) is 14.3 Å². The number of carboxylic acid groups (broad SMARTS) is 1. The van der Waals surface area contributed by atoms with Crippen LogP contribution in [0.5, 0.6) is 5.75 Å². The predicted octanol–water partition coefficient (Wildman–Crippen LogP) is 1.69. The standard InChI is InChI=1S/C15H14N2O5S/c1-2-16-9-5-3-4-6-10(9)21-14(16)12-13(20)17(15(23)22-12)8-7-11(18)19/h3-6H,2,7-8H2,1H3,(H,18,19). The Hall–Kier alpha value is -2.61. The number of para-hydroxylation sites is 2. The third kappa shape index (κ3) is 2.61. The molecule has 0 saturated carbocycles. The number of hydrogen-bond acceptors (Lipinski definition) is 6. The molecule has 1 aromatic rings. The van der Waals surface area contributed by atoms with E-state index in [9.17, 15) is 9.59 Å². The van der Waals surface area contributed by atoms with Gasteiger partial charge in [0.1, 0.15) is 0 Å². The Morgan fingerprint density at radius 3 is 2.70 bits per heavy atom. The lowest BCUT2D eigenvalue weighted by molar-refractivity contribution is -0.137. The molecule has 1 fully saturated rings. The smallest absolute Gasteiger partial charge is 0.305 e. The van der Waals surface area contributed by atoms with E-state index in [1.807, 2.05) is 30.0 Å². The zero-order chi connectivity index (χ0) is 16.6. The second-order valence-electron chi connectivity index (χ2n) is 4.92. The molecule has 2 aliphatic heterocycles. The van der Waals surface area contributed by atoms with E-state index in [2.05, 4.69) is 0 Å². The molecule has 7 nitrogen and oxygen atoms in total. The van der Waals surface area contributed by atoms with Crippen LogP contribution >= 0.6 is 12.2 Å². The highest BCUT2D eigenvalue weighted by Crippen LogP contribution is 2.40. The van der Waals surface area contributed by atoms with E-state index >= 15 is 0 Å². The number of carbonyl (C=O) groups excluding carboxylic acids is 1. The highest BCUT2D eigenvalue weighted by molar-refractivity contribution is 7.80. The fraction of sp³-hybridized carbons (Fsp3) is 0.267. The van der Waals surface area contributed by atoms with Gasteiger partial charge in [-0.15, -0.1) is 0 Å². The fourth-order valence-electron chi connectivity index (χ4n) is 2.44. The van der Waals surface area contributed by atoms with Gasteiger partial charge in [0.15, 0.2) is 5.75 Å². The molecule has 0 aromatic heterocycles. The molecule has 1 aromatic carbocycles. The lowest BCUT2D eigenvalue weighted by Crippen LogP contribution is -2.31. The minimum atomic E-state index is -1.01. The second kappa shape index (κ2) is 5.88. The van der Waals surface area contributed by atoms with Gasteiger partial charge in [-0.05, 0) is 31.3 Å². The van der Waals surface area contributed by atoms with E-state index in [4.69, 9.17) is 26.8 Å². The first-order chi connectivity index (χ1) is 11.0. The van der Waals surface area contributed by atoms with Gasteiger partial charge in [-0.1, -0.05) is 12.1 Å². The molecule has 0 spiro atoms. The second-order valence-corrected chi connectivity index (χ2v) is 5.27. The van der Waals surface area contributed by atoms with Crippen molar-refractivity contribution in [3.8, 4) is 5.75 Å². The molecule has 120 valence electrons. The zero-order valence-corrected chi connectivity index (χ0v) is 13.1. The summed E-state index contributed by atoms with van der Waals surface area (Å²) in [7, 11) is 0. The van der Waals surface area contributed by atoms with Crippen LogP contribution in [0.25, 0.3) is 0 Å². The van der Waals surface area contributed by atoms with Crippen LogP contribution in [0.4, 0.5) is 5.69 Å². The van der Waals surface area contributed by atoms with Gasteiger partial charge < -0.3 is 19.5 Å². The van der Waals surface area contributed by atoms with E-state index in [1.54, 1.807) is 6.07 Å². The minimum absolute atomic E-state index is 0.0153. The van der Waals surface area contributed by atoms with Crippen LogP contribution in [0.2, 0.25) is 0 Å². The third-order valence-corrected chi connectivity index (χ3v) is 3.82. The first kappa shape index (κ1) is 15.3. The molecule has 0 atom stereocenters. The number of aliphatic carboxylic acids is 1. The van der Waals surface area contributed by atoms with Crippen molar-refractivity contribution in [3.05, 3.63) is 35.9 Å². The van der Waals surface area contributed by atoms with Crippen molar-refractivity contribution in [1.29, 1.82) is 0 Å². The Labute approximate surface area is 137 Å². The molecule has 0 bridgehead atoms. The molecule has 2 heterocycles. The number of hydrogen-bond donors (Lipinski definition) is 1. The summed E-state index contributed by atoms with van der Waals surface area (Å²) < 4.78 is 11.1. The van der Waals surface area contributed by atoms with Crippen LogP contribution < -0.4 is 9.64 Å². The zero-order valence-electron chi connectivity index (χ0n) is 12.3. The number of thiocarbonyl (C=S) groups is 1. The molecule has 23 heavy (non-hydrogen) atoms. The quantitative estimate of drug-likeness (QED) is 0.663. The SMILES string of the molecule is CCN1C(=C2OC(=S)N(CCC(=O)O)C2=O)Oc2ccccc21. The maximum absolute atomic E-state index is 12.5. The highest BCUT2D eigenvalue weighted by Gasteiger charge is 2.41. The summed E-state index contributed by atoms with van der Waals surface area (Å²) in [6.07, 6.45) is -0.212. The summed E-state index contributed by atoms with van der Waals surface area (Å²) in [5.41, 5.74) is 0.837. The number of anilines is 1. The van der Waals surface area contributed by atoms with Crippen molar-refractivity contribution in [2.24, 2.45) is 0 Å². The molecular weight excluding hydrogens is 320 g/mol. The van der Waals surface area contributed by atoms with Gasteiger partial charge in [0, 0.05) is 13.1 Å². The van der Waals surface area contributed by atoms with Gasteiger partial charge in [-0.25, -0.2) is 0 Å². The summed E-state index contributed by atoms with van der Waals surface area (Å²) in [6.45, 7) is 2.46. The van der Waals surface area contributed by atoms with Crippen LogP contribution in [0.1, 0.15) is 13.3 Å². The first-order valence-electron chi connectivity index (χ1n) is 7.07. The number of amides is 1. The predicted molar refractivity (Wildman–Crippen MR) is 84.8 cm³/mol. The average Bonchev–Trinajstić information content (AvgIpc) is 3.02. The van der Waals surface area contributed by atoms with Crippen LogP contribution in [0.15, 0.2) is 35.9 Å². The maximum Gasteiger partial charge on any atom is 0.305 e. The van der Waals surface area contributed by atoms with Gasteiger partial charge in [0.25, 0.3) is 10.9 Å². The van der Waals surface area contributed by atoms with Crippen LogP contribution in [0, 0.1) is 0 Å². The van der Waals surface area contributed by atoms with E-state index in [-0.39, 0.29) is 29.8 Å². The maximum atomic E-state index is 12.5. The Balaban J connectivity index is 1.92. The molecule has 0 aliphatic carbocycles. The normalized spacial score (nSPS) is 19.7. The molecular formula is C15H14N2O5S. The number of rotatable bonds is 4. The van der Waals surface area contributed by atoms with Crippen molar-refractivity contribution >= 4 is 35.0 Å². The molecule has 8 heteroatoms. The summed E-state index contributed by atoms with van der Waals surface area (Å²) >= 11 is 5.03. The van der Waals surface area contributed by atoms with Gasteiger partial charge in [-0.2, -0.15) is 0 Å². The van der Waals surface area contributed by atoms with Gasteiger partial charge in [0.2, 0.25) is 5.88 Å². The molecule has 2 aliphatic rings. The molecule has 1 saturated heterocycles. The topological polar surface area (TPSA) is 79.3 Å². The van der Waals surface area contributed by atoms with Crippen molar-refractivity contribution < 1.29 is 24.2 Å². The average molecular weight is 334 g/mol. The van der Waals surface area contributed by atoms with Gasteiger partial charge in [0.05, 0.1) is 12.1 Å². The minimum Gasteiger partial charge on any atom is -0.481 e. The van der Waals surface area contributed by atoms with Crippen molar-refractivity contribution in [2.75, 3.05) is 18.0 Å². The van der Waals surface area contributed by atoms with Crippen molar-refractivity contribution in [1.82, 2.24) is 4.90 Å². The van der Waals surface area contributed by atoms with Crippen LogP contribution in [0.3, 0.4) is 0 Å². The van der Waals surface area contributed by atoms with Crippen molar-refractivity contribution in [3.63, 3.8) is 0 Å². The number of ether oxygens (including phenoxy) is 2. The monoisotopic (exact) mass is 334 g/mol. The van der Waals surface area contributed by atoms with Crippen molar-refractivity contribution in [2.45, 2.75) is 13.3 Å². The van der Waals surface area contributed by atoms with Crippen LogP contribution in [-0.4, -0.2) is 40.1 Å². The Morgan fingerprint density at radius 1 is 1.26 bits per heavy atom. The summed E-state index contributed by atoms with van der Waals surface area (Å²) in [6, 6.07) is 7.39. The molecule has 3 rings (SSSR count). The molecule has 0 radical (unpaired) electrons. The van der Waals surface area contributed by atoms with Gasteiger partial charge in [-0.3, -0.25) is 14.5 Å². The largest absolute Gasteiger partial charge is 0.481 e. The lowest BCUT2D eigenvalue weighted by atomic mass is 10.3. The Bertz CT molecular complexity index is 730. The molecule has 1 amide bonds. The lowest BCUT2D eigenvalue weighted by Gasteiger charge is -2.16. The number of carbonyl (C=O) groups is 2. The number of benzene rings is 1. The van der Waals surface area contributed by atoms with E-state index in [0.717, 1.165) is 10.6 Å². The Kier molecular flexibility index (Phi) is 3.91. The Morgan fingerprint density at radius 2 is 2.00 bits per heavy atom. The van der Waals surface area contributed by atoms with Gasteiger partial charge >= 0.3 is 11.9 Å². The first-order valence-corrected chi connectivity index (χ1v) is 7.48. The van der Waals surface area contributed by atoms with E-state index < -0.39 is 11.9 Å². The van der Waals surface area contributed by atoms with E-state index in [0.29, 0.717) is 12.3 Å². The fourth-order valence-corrected chi connectivity index (χ4v) is 2.70. The molecule has 0 unspecified atom stereocenters. The van der Waals surface area contributed by atoms with E-state index in [1.165, 1.54) is 0 Å². The molecule has 1 N–H and O–H groups in total. The number of fused-ring (bicyclic) bond motifs is 1. The number of carboxylic acids is 1. The summed E-state index contributed by atoms with van der Waals surface area (Å²) in [4.78, 5) is 26.1.